The average molecular weight is 406 g/mol. The molecule has 1 aliphatic rings. The summed E-state index contributed by atoms with van der Waals surface area (Å²) in [5, 5.41) is 5.63. The second-order valence-corrected chi connectivity index (χ2v) is 6.85. The second kappa shape index (κ2) is 9.17. The van der Waals surface area contributed by atoms with Gasteiger partial charge in [0.2, 0.25) is 5.91 Å². The van der Waals surface area contributed by atoms with Crippen molar-refractivity contribution >= 4 is 17.5 Å². The normalized spacial score (nSPS) is 12.6. The number of rotatable bonds is 8. The molecular weight excluding hydrogens is 384 g/mol. The minimum Gasteiger partial charge on any atom is -0.492 e. The first-order valence-corrected chi connectivity index (χ1v) is 9.77. The molecule has 0 saturated carbocycles. The molecule has 0 aliphatic carbocycles. The van der Waals surface area contributed by atoms with E-state index in [1.165, 1.54) is 6.26 Å². The molecule has 7 heteroatoms. The van der Waals surface area contributed by atoms with Gasteiger partial charge >= 0.3 is 0 Å². The van der Waals surface area contributed by atoms with Gasteiger partial charge in [0.1, 0.15) is 24.7 Å². The van der Waals surface area contributed by atoms with Crippen molar-refractivity contribution in [2.75, 3.05) is 18.5 Å². The van der Waals surface area contributed by atoms with Gasteiger partial charge in [-0.3, -0.25) is 9.59 Å². The zero-order valence-electron chi connectivity index (χ0n) is 16.4. The van der Waals surface area contributed by atoms with Crippen LogP contribution in [0.25, 0.3) is 0 Å². The van der Waals surface area contributed by atoms with Crippen molar-refractivity contribution in [3.8, 4) is 11.5 Å². The first-order chi connectivity index (χ1) is 14.7. The molecule has 0 saturated heterocycles. The molecule has 0 unspecified atom stereocenters. The standard InChI is InChI=1S/C23H22N2O5/c26-21-9-6-16-14-19(7-8-20(16)25-21)28-13-11-24-23(27)22-17(10-12-29-22)15-30-18-4-2-1-3-5-18/h1-5,7-8,10,12,14H,6,9,11,13,15H2,(H,24,27)(H,25,26). The van der Waals surface area contributed by atoms with E-state index in [1.807, 2.05) is 42.5 Å². The van der Waals surface area contributed by atoms with Crippen LogP contribution in [0.2, 0.25) is 0 Å². The highest BCUT2D eigenvalue weighted by Gasteiger charge is 2.17. The molecule has 4 rings (SSSR count). The summed E-state index contributed by atoms with van der Waals surface area (Å²) in [5.41, 5.74) is 2.55. The fourth-order valence-electron chi connectivity index (χ4n) is 3.19. The maximum Gasteiger partial charge on any atom is 0.287 e. The third-order valence-corrected chi connectivity index (χ3v) is 4.72. The topological polar surface area (TPSA) is 89.8 Å². The lowest BCUT2D eigenvalue weighted by molar-refractivity contribution is -0.116. The van der Waals surface area contributed by atoms with Crippen molar-refractivity contribution in [2.45, 2.75) is 19.4 Å². The number of amides is 2. The number of hydrogen-bond donors (Lipinski definition) is 2. The Hall–Kier alpha value is -3.74. The molecule has 2 amide bonds. The monoisotopic (exact) mass is 406 g/mol. The van der Waals surface area contributed by atoms with E-state index >= 15 is 0 Å². The van der Waals surface area contributed by atoms with E-state index in [0.29, 0.717) is 37.3 Å². The van der Waals surface area contributed by atoms with Crippen molar-refractivity contribution in [1.29, 1.82) is 0 Å². The Balaban J connectivity index is 1.25. The second-order valence-electron chi connectivity index (χ2n) is 6.85. The van der Waals surface area contributed by atoms with Gasteiger partial charge in [-0.2, -0.15) is 0 Å². The molecule has 0 fully saturated rings. The third kappa shape index (κ3) is 4.81. The van der Waals surface area contributed by atoms with Crippen molar-refractivity contribution in [3.05, 3.63) is 77.7 Å². The molecule has 2 heterocycles. The maximum atomic E-state index is 12.4. The predicted molar refractivity (Wildman–Crippen MR) is 111 cm³/mol. The molecular formula is C23H22N2O5. The number of aryl methyl sites for hydroxylation is 1. The molecule has 1 aromatic heterocycles. The molecule has 0 bridgehead atoms. The molecule has 30 heavy (non-hydrogen) atoms. The number of fused-ring (bicyclic) bond motifs is 1. The highest BCUT2D eigenvalue weighted by atomic mass is 16.5. The van der Waals surface area contributed by atoms with Crippen LogP contribution in [0.3, 0.4) is 0 Å². The van der Waals surface area contributed by atoms with Crippen molar-refractivity contribution in [1.82, 2.24) is 5.32 Å². The molecule has 3 aromatic rings. The summed E-state index contributed by atoms with van der Waals surface area (Å²) in [6, 6.07) is 16.7. The molecule has 154 valence electrons. The Kier molecular flexibility index (Phi) is 5.98. The Morgan fingerprint density at radius 2 is 1.90 bits per heavy atom. The Bertz CT molecular complexity index is 1030. The zero-order valence-corrected chi connectivity index (χ0v) is 16.4. The smallest absolute Gasteiger partial charge is 0.287 e. The van der Waals surface area contributed by atoms with Crippen LogP contribution in [-0.2, 0) is 17.8 Å². The first-order valence-electron chi connectivity index (χ1n) is 9.77. The minimum atomic E-state index is -0.316. The Labute approximate surface area is 174 Å². The van der Waals surface area contributed by atoms with E-state index < -0.39 is 0 Å². The van der Waals surface area contributed by atoms with Crippen LogP contribution in [0.5, 0.6) is 11.5 Å². The predicted octanol–water partition coefficient (Wildman–Crippen LogP) is 3.55. The fourth-order valence-corrected chi connectivity index (χ4v) is 3.19. The number of carbonyl (C=O) groups excluding carboxylic acids is 2. The quantitative estimate of drug-likeness (QED) is 0.559. The average Bonchev–Trinajstić information content (AvgIpc) is 3.25. The number of ether oxygens (including phenoxy) is 2. The largest absolute Gasteiger partial charge is 0.492 e. The summed E-state index contributed by atoms with van der Waals surface area (Å²) in [6.07, 6.45) is 2.65. The van der Waals surface area contributed by atoms with Crippen LogP contribution in [0, 0.1) is 0 Å². The summed E-state index contributed by atoms with van der Waals surface area (Å²) in [4.78, 5) is 23.8. The van der Waals surface area contributed by atoms with E-state index in [4.69, 9.17) is 13.9 Å². The van der Waals surface area contributed by atoms with Crippen molar-refractivity contribution < 1.29 is 23.5 Å². The number of benzene rings is 2. The highest BCUT2D eigenvalue weighted by molar-refractivity contribution is 5.94. The summed E-state index contributed by atoms with van der Waals surface area (Å²) in [7, 11) is 0. The van der Waals surface area contributed by atoms with Gasteiger partial charge in [0.05, 0.1) is 12.8 Å². The fraction of sp³-hybridized carbons (Fsp3) is 0.217. The van der Waals surface area contributed by atoms with Gasteiger partial charge in [-0.1, -0.05) is 18.2 Å². The lowest BCUT2D eigenvalue weighted by Crippen LogP contribution is -2.28. The van der Waals surface area contributed by atoms with E-state index in [2.05, 4.69) is 10.6 Å². The summed E-state index contributed by atoms with van der Waals surface area (Å²) >= 11 is 0. The Morgan fingerprint density at radius 3 is 2.77 bits per heavy atom. The molecule has 7 nitrogen and oxygen atoms in total. The number of furan rings is 1. The first kappa shape index (κ1) is 19.6. The minimum absolute atomic E-state index is 0.0327. The van der Waals surface area contributed by atoms with Gasteiger partial charge in [0.15, 0.2) is 5.76 Å². The zero-order chi connectivity index (χ0) is 20.8. The number of para-hydroxylation sites is 1. The van der Waals surface area contributed by atoms with Gasteiger partial charge in [0, 0.05) is 17.7 Å². The number of hydrogen-bond acceptors (Lipinski definition) is 5. The van der Waals surface area contributed by atoms with E-state index in [0.717, 1.165) is 17.0 Å². The highest BCUT2D eigenvalue weighted by Crippen LogP contribution is 2.26. The number of nitrogens with one attached hydrogen (secondary N) is 2. The Morgan fingerprint density at radius 1 is 1.03 bits per heavy atom. The van der Waals surface area contributed by atoms with Gasteiger partial charge in [-0.15, -0.1) is 0 Å². The molecule has 0 radical (unpaired) electrons. The molecule has 2 aromatic carbocycles. The molecule has 2 N–H and O–H groups in total. The van der Waals surface area contributed by atoms with Gasteiger partial charge < -0.3 is 24.5 Å². The molecule has 1 aliphatic heterocycles. The van der Waals surface area contributed by atoms with Crippen LogP contribution in [0.4, 0.5) is 5.69 Å². The van der Waals surface area contributed by atoms with Crippen molar-refractivity contribution in [2.24, 2.45) is 0 Å². The lowest BCUT2D eigenvalue weighted by atomic mass is 10.0. The van der Waals surface area contributed by atoms with Crippen molar-refractivity contribution in [3.63, 3.8) is 0 Å². The van der Waals surface area contributed by atoms with Gasteiger partial charge in [-0.05, 0) is 48.4 Å². The van der Waals surface area contributed by atoms with Crippen LogP contribution in [0.1, 0.15) is 28.1 Å². The SMILES string of the molecule is O=C1CCc2cc(OCCNC(=O)c3occc3COc3ccccc3)ccc2N1. The van der Waals surface area contributed by atoms with Gasteiger partial charge in [0.25, 0.3) is 5.91 Å². The summed E-state index contributed by atoms with van der Waals surface area (Å²) in [5.74, 6) is 1.38. The van der Waals surface area contributed by atoms with Crippen LogP contribution >= 0.6 is 0 Å². The number of carbonyl (C=O) groups is 2. The molecule has 0 spiro atoms. The van der Waals surface area contributed by atoms with E-state index in [9.17, 15) is 9.59 Å². The summed E-state index contributed by atoms with van der Waals surface area (Å²) in [6.45, 7) is 0.880. The van der Waals surface area contributed by atoms with Crippen LogP contribution in [-0.4, -0.2) is 25.0 Å². The van der Waals surface area contributed by atoms with Crippen LogP contribution in [0.15, 0.2) is 65.3 Å². The van der Waals surface area contributed by atoms with E-state index in [1.54, 1.807) is 12.1 Å². The van der Waals surface area contributed by atoms with Gasteiger partial charge in [-0.25, -0.2) is 0 Å². The number of anilines is 1. The third-order valence-electron chi connectivity index (χ3n) is 4.72. The maximum absolute atomic E-state index is 12.4. The lowest BCUT2D eigenvalue weighted by Gasteiger charge is -2.17. The van der Waals surface area contributed by atoms with E-state index in [-0.39, 0.29) is 24.2 Å². The molecule has 0 atom stereocenters. The summed E-state index contributed by atoms with van der Waals surface area (Å²) < 4.78 is 16.7. The van der Waals surface area contributed by atoms with Crippen LogP contribution < -0.4 is 20.1 Å².